The third-order valence-electron chi connectivity index (χ3n) is 5.64. The Balaban J connectivity index is 1.48. The van der Waals surface area contributed by atoms with Crippen LogP contribution in [0.5, 0.6) is 0 Å². The zero-order chi connectivity index (χ0) is 18.5. The standard InChI is InChI=1S/C23H29N3O/c1-26(16-18-7-3-2-4-8-18)23(22-17-27-14-13-24-22)12-11-19-15-25-21-10-6-5-9-20(19)21/h2-10,15,22-25H,11-14,16-17H2,1H3. The average molecular weight is 364 g/mol. The highest BCUT2D eigenvalue weighted by Gasteiger charge is 2.27. The average Bonchev–Trinajstić information content (AvgIpc) is 3.13. The number of benzene rings is 2. The van der Waals surface area contributed by atoms with Crippen molar-refractivity contribution >= 4 is 10.9 Å². The van der Waals surface area contributed by atoms with Gasteiger partial charge in [0.25, 0.3) is 0 Å². The fraction of sp³-hybridized carbons (Fsp3) is 0.391. The Kier molecular flexibility index (Phi) is 5.87. The van der Waals surface area contributed by atoms with Gasteiger partial charge in [-0.25, -0.2) is 0 Å². The van der Waals surface area contributed by atoms with E-state index < -0.39 is 0 Å². The summed E-state index contributed by atoms with van der Waals surface area (Å²) in [6, 6.07) is 20.1. The molecule has 0 radical (unpaired) electrons. The van der Waals surface area contributed by atoms with Gasteiger partial charge in [-0.05, 0) is 37.1 Å². The van der Waals surface area contributed by atoms with Crippen LogP contribution >= 0.6 is 0 Å². The number of hydrogen-bond donors (Lipinski definition) is 2. The van der Waals surface area contributed by atoms with Crippen LogP contribution in [0.15, 0.2) is 60.8 Å². The van der Waals surface area contributed by atoms with Crippen LogP contribution < -0.4 is 5.32 Å². The molecule has 2 unspecified atom stereocenters. The summed E-state index contributed by atoms with van der Waals surface area (Å²) in [6.07, 6.45) is 4.34. The van der Waals surface area contributed by atoms with Crippen molar-refractivity contribution in [1.82, 2.24) is 15.2 Å². The lowest BCUT2D eigenvalue weighted by Gasteiger charge is -2.37. The van der Waals surface area contributed by atoms with Gasteiger partial charge in [-0.3, -0.25) is 4.90 Å². The molecule has 0 amide bonds. The SMILES string of the molecule is CN(Cc1ccccc1)C(CCc1c[nH]c2ccccc12)C1COCCN1. The summed E-state index contributed by atoms with van der Waals surface area (Å²) in [5, 5.41) is 5.02. The third kappa shape index (κ3) is 4.41. The van der Waals surface area contributed by atoms with Gasteiger partial charge in [-0.2, -0.15) is 0 Å². The Hall–Kier alpha value is -2.14. The highest BCUT2D eigenvalue weighted by molar-refractivity contribution is 5.83. The molecule has 2 atom stereocenters. The van der Waals surface area contributed by atoms with Crippen LogP contribution in [-0.2, 0) is 17.7 Å². The van der Waals surface area contributed by atoms with Gasteiger partial charge in [0.05, 0.1) is 13.2 Å². The van der Waals surface area contributed by atoms with Crippen LogP contribution in [0, 0.1) is 0 Å². The number of H-pyrrole nitrogens is 1. The lowest BCUT2D eigenvalue weighted by molar-refractivity contribution is 0.0371. The molecule has 0 spiro atoms. The largest absolute Gasteiger partial charge is 0.378 e. The van der Waals surface area contributed by atoms with Crippen molar-refractivity contribution in [3.05, 3.63) is 71.9 Å². The molecule has 2 N–H and O–H groups in total. The van der Waals surface area contributed by atoms with Gasteiger partial charge < -0.3 is 15.0 Å². The lowest BCUT2D eigenvalue weighted by Crippen LogP contribution is -2.54. The van der Waals surface area contributed by atoms with Gasteiger partial charge in [0.2, 0.25) is 0 Å². The first kappa shape index (κ1) is 18.2. The van der Waals surface area contributed by atoms with E-state index >= 15 is 0 Å². The van der Waals surface area contributed by atoms with Crippen molar-refractivity contribution < 1.29 is 4.74 Å². The van der Waals surface area contributed by atoms with E-state index in [4.69, 9.17) is 4.74 Å². The summed E-state index contributed by atoms with van der Waals surface area (Å²) in [4.78, 5) is 5.89. The maximum atomic E-state index is 5.78. The quantitative estimate of drug-likeness (QED) is 0.674. The van der Waals surface area contributed by atoms with E-state index in [9.17, 15) is 0 Å². The van der Waals surface area contributed by atoms with Gasteiger partial charge >= 0.3 is 0 Å². The number of ether oxygens (including phenoxy) is 1. The number of hydrogen-bond acceptors (Lipinski definition) is 3. The number of nitrogens with one attached hydrogen (secondary N) is 2. The van der Waals surface area contributed by atoms with E-state index in [1.807, 2.05) is 0 Å². The minimum absolute atomic E-state index is 0.373. The van der Waals surface area contributed by atoms with Crippen molar-refractivity contribution in [2.75, 3.05) is 26.8 Å². The molecule has 4 rings (SSSR count). The molecule has 1 aromatic heterocycles. The number of aryl methyl sites for hydroxylation is 1. The summed E-state index contributed by atoms with van der Waals surface area (Å²) in [5.74, 6) is 0. The second-order valence-corrected chi connectivity index (χ2v) is 7.50. The van der Waals surface area contributed by atoms with Crippen molar-refractivity contribution in [3.63, 3.8) is 0 Å². The van der Waals surface area contributed by atoms with Crippen LogP contribution in [0.2, 0.25) is 0 Å². The molecule has 2 aromatic carbocycles. The van der Waals surface area contributed by atoms with E-state index in [0.717, 1.165) is 39.1 Å². The van der Waals surface area contributed by atoms with E-state index in [1.54, 1.807) is 0 Å². The molecule has 1 saturated heterocycles. The Morgan fingerprint density at radius 3 is 2.74 bits per heavy atom. The number of nitrogens with zero attached hydrogens (tertiary/aromatic N) is 1. The lowest BCUT2D eigenvalue weighted by atomic mass is 9.97. The molecule has 1 fully saturated rings. The van der Waals surface area contributed by atoms with E-state index in [1.165, 1.54) is 22.0 Å². The van der Waals surface area contributed by atoms with Crippen molar-refractivity contribution in [2.24, 2.45) is 0 Å². The first-order valence-corrected chi connectivity index (χ1v) is 9.91. The highest BCUT2D eigenvalue weighted by Crippen LogP contribution is 2.22. The van der Waals surface area contributed by atoms with Gasteiger partial charge in [0.15, 0.2) is 0 Å². The molecule has 142 valence electrons. The summed E-state index contributed by atoms with van der Waals surface area (Å²) in [7, 11) is 2.24. The Morgan fingerprint density at radius 1 is 1.11 bits per heavy atom. The molecule has 3 aromatic rings. The van der Waals surface area contributed by atoms with Gasteiger partial charge in [-0.1, -0.05) is 48.5 Å². The molecular formula is C23H29N3O. The number of aromatic amines is 1. The maximum Gasteiger partial charge on any atom is 0.0635 e. The van der Waals surface area contributed by atoms with Crippen LogP contribution in [0.1, 0.15) is 17.5 Å². The molecule has 1 aliphatic rings. The maximum absolute atomic E-state index is 5.78. The number of likely N-dealkylation sites (N-methyl/N-ethyl adjacent to an activating group) is 1. The second-order valence-electron chi connectivity index (χ2n) is 7.50. The topological polar surface area (TPSA) is 40.3 Å². The normalized spacial score (nSPS) is 18.8. The molecule has 4 heteroatoms. The van der Waals surface area contributed by atoms with Gasteiger partial charge in [-0.15, -0.1) is 0 Å². The third-order valence-corrected chi connectivity index (χ3v) is 5.64. The molecular weight excluding hydrogens is 334 g/mol. The van der Waals surface area contributed by atoms with Crippen molar-refractivity contribution in [3.8, 4) is 0 Å². The molecule has 4 nitrogen and oxygen atoms in total. The smallest absolute Gasteiger partial charge is 0.0635 e. The second kappa shape index (κ2) is 8.70. The predicted molar refractivity (Wildman–Crippen MR) is 111 cm³/mol. The first-order valence-electron chi connectivity index (χ1n) is 9.91. The van der Waals surface area contributed by atoms with Gasteiger partial charge in [0.1, 0.15) is 0 Å². The van der Waals surface area contributed by atoms with Crippen LogP contribution in [0.3, 0.4) is 0 Å². The van der Waals surface area contributed by atoms with Crippen LogP contribution in [0.4, 0.5) is 0 Å². The first-order chi connectivity index (χ1) is 13.3. The molecule has 0 aliphatic carbocycles. The fourth-order valence-electron chi connectivity index (χ4n) is 4.19. The zero-order valence-corrected chi connectivity index (χ0v) is 16.0. The number of rotatable bonds is 7. The zero-order valence-electron chi connectivity index (χ0n) is 16.0. The number of fused-ring (bicyclic) bond motifs is 1. The summed E-state index contributed by atoms with van der Waals surface area (Å²) >= 11 is 0. The molecule has 2 heterocycles. The Labute approximate surface area is 161 Å². The summed E-state index contributed by atoms with van der Waals surface area (Å²) in [6.45, 7) is 3.50. The monoisotopic (exact) mass is 363 g/mol. The number of aromatic nitrogens is 1. The van der Waals surface area contributed by atoms with E-state index in [2.05, 4.69) is 83.0 Å². The van der Waals surface area contributed by atoms with Crippen molar-refractivity contribution in [2.45, 2.75) is 31.5 Å². The molecule has 0 saturated carbocycles. The van der Waals surface area contributed by atoms with Gasteiger partial charge in [0, 0.05) is 42.3 Å². The van der Waals surface area contributed by atoms with E-state index in [-0.39, 0.29) is 0 Å². The van der Waals surface area contributed by atoms with Crippen LogP contribution in [-0.4, -0.2) is 48.8 Å². The summed E-state index contributed by atoms with van der Waals surface area (Å²) in [5.41, 5.74) is 3.98. The van der Waals surface area contributed by atoms with Crippen LogP contribution in [0.25, 0.3) is 10.9 Å². The van der Waals surface area contributed by atoms with E-state index in [0.29, 0.717) is 12.1 Å². The Morgan fingerprint density at radius 2 is 1.93 bits per heavy atom. The summed E-state index contributed by atoms with van der Waals surface area (Å²) < 4.78 is 5.78. The predicted octanol–water partition coefficient (Wildman–Crippen LogP) is 3.59. The Bertz CT molecular complexity index is 839. The molecule has 27 heavy (non-hydrogen) atoms. The number of para-hydroxylation sites is 1. The molecule has 1 aliphatic heterocycles. The minimum Gasteiger partial charge on any atom is -0.378 e. The van der Waals surface area contributed by atoms with Crippen molar-refractivity contribution in [1.29, 1.82) is 0 Å². The number of morpholine rings is 1. The fourth-order valence-corrected chi connectivity index (χ4v) is 4.19. The minimum atomic E-state index is 0.373. The molecule has 0 bridgehead atoms. The highest BCUT2D eigenvalue weighted by atomic mass is 16.5.